The predicted molar refractivity (Wildman–Crippen MR) is 64.3 cm³/mol. The van der Waals surface area contributed by atoms with Crippen molar-refractivity contribution in [2.75, 3.05) is 26.8 Å². The molecule has 0 spiro atoms. The molecule has 0 aliphatic rings. The lowest BCUT2D eigenvalue weighted by atomic mass is 10.0. The van der Waals surface area contributed by atoms with Gasteiger partial charge in [0.2, 0.25) is 0 Å². The molecule has 1 atom stereocenters. The Morgan fingerprint density at radius 2 is 2.47 bits per heavy atom. The smallest absolute Gasteiger partial charge is 0.0794 e. The van der Waals surface area contributed by atoms with Gasteiger partial charge in [-0.1, -0.05) is 13.3 Å². The van der Waals surface area contributed by atoms with E-state index >= 15 is 0 Å². The van der Waals surface area contributed by atoms with Gasteiger partial charge in [-0.25, -0.2) is 0 Å². The summed E-state index contributed by atoms with van der Waals surface area (Å²) in [6, 6.07) is 0. The number of hydrogen-bond donors (Lipinski definition) is 1. The van der Waals surface area contributed by atoms with Gasteiger partial charge in [0.15, 0.2) is 0 Å². The van der Waals surface area contributed by atoms with Crippen molar-refractivity contribution in [1.82, 2.24) is 10.3 Å². The SMILES string of the molecule is CCC(CNCCOC)Cc1cncs1. The largest absolute Gasteiger partial charge is 0.383 e. The number of methoxy groups -OCH3 is 1. The number of ether oxygens (including phenoxy) is 1. The third-order valence-corrected chi connectivity index (χ3v) is 3.27. The van der Waals surface area contributed by atoms with Crippen molar-refractivity contribution < 1.29 is 4.74 Å². The molecule has 0 fully saturated rings. The van der Waals surface area contributed by atoms with Crippen LogP contribution in [0.15, 0.2) is 11.7 Å². The first-order chi connectivity index (χ1) is 7.36. The molecule has 0 aromatic carbocycles. The Hall–Kier alpha value is -0.450. The number of nitrogens with one attached hydrogen (secondary N) is 1. The molecular weight excluding hydrogens is 208 g/mol. The molecule has 1 unspecified atom stereocenters. The molecule has 0 saturated carbocycles. The summed E-state index contributed by atoms with van der Waals surface area (Å²) in [6.07, 6.45) is 4.32. The molecule has 1 rings (SSSR count). The summed E-state index contributed by atoms with van der Waals surface area (Å²) in [5, 5.41) is 3.41. The van der Waals surface area contributed by atoms with Gasteiger partial charge in [0.25, 0.3) is 0 Å². The van der Waals surface area contributed by atoms with Gasteiger partial charge in [0.1, 0.15) is 0 Å². The van der Waals surface area contributed by atoms with Crippen LogP contribution in [-0.4, -0.2) is 31.8 Å². The van der Waals surface area contributed by atoms with E-state index in [0.717, 1.165) is 26.1 Å². The van der Waals surface area contributed by atoms with Crippen molar-refractivity contribution in [2.45, 2.75) is 19.8 Å². The summed E-state index contributed by atoms with van der Waals surface area (Å²) in [6.45, 7) is 5.04. The molecule has 0 aliphatic carbocycles. The lowest BCUT2D eigenvalue weighted by Crippen LogP contribution is -2.26. The molecule has 0 aliphatic heterocycles. The van der Waals surface area contributed by atoms with Crippen LogP contribution >= 0.6 is 11.3 Å². The van der Waals surface area contributed by atoms with Gasteiger partial charge in [-0.15, -0.1) is 11.3 Å². The van der Waals surface area contributed by atoms with Crippen LogP contribution in [0.1, 0.15) is 18.2 Å². The van der Waals surface area contributed by atoms with Gasteiger partial charge >= 0.3 is 0 Å². The third kappa shape index (κ3) is 5.25. The summed E-state index contributed by atoms with van der Waals surface area (Å²) < 4.78 is 4.99. The monoisotopic (exact) mass is 228 g/mol. The summed E-state index contributed by atoms with van der Waals surface area (Å²) in [7, 11) is 1.73. The highest BCUT2D eigenvalue weighted by Crippen LogP contribution is 2.14. The molecule has 0 amide bonds. The summed E-state index contributed by atoms with van der Waals surface area (Å²) >= 11 is 1.75. The Morgan fingerprint density at radius 1 is 1.60 bits per heavy atom. The van der Waals surface area contributed by atoms with Crippen LogP contribution in [0.4, 0.5) is 0 Å². The molecule has 1 aromatic rings. The van der Waals surface area contributed by atoms with E-state index in [9.17, 15) is 0 Å². The molecule has 0 saturated heterocycles. The zero-order valence-electron chi connectivity index (χ0n) is 9.53. The minimum absolute atomic E-state index is 0.710. The molecule has 1 heterocycles. The molecule has 0 bridgehead atoms. The maximum absolute atomic E-state index is 4.99. The van der Waals surface area contributed by atoms with Crippen LogP contribution in [0.5, 0.6) is 0 Å². The summed E-state index contributed by atoms with van der Waals surface area (Å²) in [5.41, 5.74) is 1.90. The highest BCUT2D eigenvalue weighted by atomic mass is 32.1. The van der Waals surface area contributed by atoms with Crippen LogP contribution in [0.3, 0.4) is 0 Å². The second kappa shape index (κ2) is 7.79. The quantitative estimate of drug-likeness (QED) is 0.691. The Morgan fingerprint density at radius 3 is 3.07 bits per heavy atom. The average molecular weight is 228 g/mol. The Kier molecular flexibility index (Phi) is 6.55. The molecular formula is C11H20N2OS. The fraction of sp³-hybridized carbons (Fsp3) is 0.727. The highest BCUT2D eigenvalue weighted by molar-refractivity contribution is 7.09. The minimum atomic E-state index is 0.710. The number of thiazole rings is 1. The zero-order chi connectivity index (χ0) is 10.9. The normalized spacial score (nSPS) is 12.9. The number of aromatic nitrogens is 1. The average Bonchev–Trinajstić information content (AvgIpc) is 2.75. The van der Waals surface area contributed by atoms with E-state index in [1.807, 2.05) is 11.7 Å². The highest BCUT2D eigenvalue weighted by Gasteiger charge is 2.07. The van der Waals surface area contributed by atoms with E-state index in [2.05, 4.69) is 17.2 Å². The zero-order valence-corrected chi connectivity index (χ0v) is 10.3. The standard InChI is InChI=1S/C11H20N2OS/c1-3-10(7-12-4-5-14-2)6-11-8-13-9-15-11/h8-10,12H,3-7H2,1-2H3. The van der Waals surface area contributed by atoms with Crippen LogP contribution in [0.25, 0.3) is 0 Å². The van der Waals surface area contributed by atoms with E-state index in [1.165, 1.54) is 11.3 Å². The van der Waals surface area contributed by atoms with Crippen LogP contribution in [0, 0.1) is 5.92 Å². The van der Waals surface area contributed by atoms with Crippen molar-refractivity contribution >= 4 is 11.3 Å². The van der Waals surface area contributed by atoms with Crippen molar-refractivity contribution in [1.29, 1.82) is 0 Å². The molecule has 1 N–H and O–H groups in total. The van der Waals surface area contributed by atoms with Crippen molar-refractivity contribution in [3.8, 4) is 0 Å². The number of hydrogen-bond acceptors (Lipinski definition) is 4. The molecule has 0 radical (unpaired) electrons. The van der Waals surface area contributed by atoms with Gasteiger partial charge in [-0.05, 0) is 18.9 Å². The Bertz CT molecular complexity index is 239. The van der Waals surface area contributed by atoms with Crippen molar-refractivity contribution in [2.24, 2.45) is 5.92 Å². The Labute approximate surface area is 95.9 Å². The van der Waals surface area contributed by atoms with E-state index in [0.29, 0.717) is 5.92 Å². The van der Waals surface area contributed by atoms with E-state index in [1.54, 1.807) is 18.4 Å². The van der Waals surface area contributed by atoms with Gasteiger partial charge < -0.3 is 10.1 Å². The van der Waals surface area contributed by atoms with Gasteiger partial charge in [-0.3, -0.25) is 4.98 Å². The maximum Gasteiger partial charge on any atom is 0.0794 e. The molecule has 1 aromatic heterocycles. The first kappa shape index (κ1) is 12.6. The second-order valence-electron chi connectivity index (χ2n) is 3.64. The van der Waals surface area contributed by atoms with Crippen molar-refractivity contribution in [3.63, 3.8) is 0 Å². The summed E-state index contributed by atoms with van der Waals surface area (Å²) in [4.78, 5) is 5.48. The fourth-order valence-corrected chi connectivity index (χ4v) is 2.18. The molecule has 15 heavy (non-hydrogen) atoms. The Balaban J connectivity index is 2.18. The second-order valence-corrected chi connectivity index (χ2v) is 4.61. The van der Waals surface area contributed by atoms with E-state index < -0.39 is 0 Å². The number of nitrogens with zero attached hydrogens (tertiary/aromatic N) is 1. The number of rotatable bonds is 8. The van der Waals surface area contributed by atoms with Crippen LogP contribution in [-0.2, 0) is 11.2 Å². The molecule has 86 valence electrons. The van der Waals surface area contributed by atoms with E-state index in [-0.39, 0.29) is 0 Å². The topological polar surface area (TPSA) is 34.1 Å². The first-order valence-corrected chi connectivity index (χ1v) is 6.31. The van der Waals surface area contributed by atoms with Crippen LogP contribution < -0.4 is 5.32 Å². The molecule has 3 nitrogen and oxygen atoms in total. The molecule has 4 heteroatoms. The van der Waals surface area contributed by atoms with Crippen LogP contribution in [0.2, 0.25) is 0 Å². The van der Waals surface area contributed by atoms with Crippen molar-refractivity contribution in [3.05, 3.63) is 16.6 Å². The fourth-order valence-electron chi connectivity index (χ4n) is 1.47. The third-order valence-electron chi connectivity index (χ3n) is 2.47. The van der Waals surface area contributed by atoms with Gasteiger partial charge in [0, 0.05) is 24.7 Å². The summed E-state index contributed by atoms with van der Waals surface area (Å²) in [5.74, 6) is 0.710. The maximum atomic E-state index is 4.99. The predicted octanol–water partition coefficient (Wildman–Crippen LogP) is 1.95. The first-order valence-electron chi connectivity index (χ1n) is 5.43. The minimum Gasteiger partial charge on any atom is -0.383 e. The van der Waals surface area contributed by atoms with Gasteiger partial charge in [-0.2, -0.15) is 0 Å². The van der Waals surface area contributed by atoms with Gasteiger partial charge in [0.05, 0.1) is 12.1 Å². The lowest BCUT2D eigenvalue weighted by Gasteiger charge is -2.14. The lowest BCUT2D eigenvalue weighted by molar-refractivity contribution is 0.197. The van der Waals surface area contributed by atoms with E-state index in [4.69, 9.17) is 4.74 Å².